The van der Waals surface area contributed by atoms with Gasteiger partial charge in [-0.25, -0.2) is 4.39 Å². The van der Waals surface area contributed by atoms with Crippen LogP contribution in [0.5, 0.6) is 0 Å². The SMILES string of the molecule is CCc1cc2c(cc3n2C[C@](C)(C(=O)NC2CCCCCC2)N(c2cccc(F)c2)C3=O)s1. The summed E-state index contributed by atoms with van der Waals surface area (Å²) in [5.41, 5.74) is 0.767. The average molecular weight is 468 g/mol. The molecule has 1 N–H and O–H groups in total. The van der Waals surface area contributed by atoms with E-state index in [2.05, 4.69) is 18.3 Å². The Balaban J connectivity index is 1.59. The third-order valence-electron chi connectivity index (χ3n) is 7.12. The smallest absolute Gasteiger partial charge is 0.275 e. The molecule has 2 aliphatic rings. The van der Waals surface area contributed by atoms with Crippen molar-refractivity contribution in [1.29, 1.82) is 0 Å². The molecular weight excluding hydrogens is 437 g/mol. The summed E-state index contributed by atoms with van der Waals surface area (Å²) >= 11 is 1.68. The van der Waals surface area contributed by atoms with Crippen molar-refractivity contribution in [1.82, 2.24) is 9.88 Å². The summed E-state index contributed by atoms with van der Waals surface area (Å²) in [6, 6.07) is 10.1. The number of amides is 2. The largest absolute Gasteiger partial charge is 0.351 e. The summed E-state index contributed by atoms with van der Waals surface area (Å²) in [6.45, 7) is 4.25. The number of thiophene rings is 1. The summed E-state index contributed by atoms with van der Waals surface area (Å²) in [4.78, 5) is 30.4. The van der Waals surface area contributed by atoms with Crippen LogP contribution in [0.25, 0.3) is 10.2 Å². The topological polar surface area (TPSA) is 54.3 Å². The van der Waals surface area contributed by atoms with Crippen LogP contribution in [-0.4, -0.2) is 28.0 Å². The van der Waals surface area contributed by atoms with Crippen LogP contribution in [0.3, 0.4) is 0 Å². The lowest BCUT2D eigenvalue weighted by Gasteiger charge is -2.44. The van der Waals surface area contributed by atoms with Crippen molar-refractivity contribution < 1.29 is 14.0 Å². The number of aryl methyl sites for hydroxylation is 1. The van der Waals surface area contributed by atoms with Crippen LogP contribution in [0, 0.1) is 5.82 Å². The summed E-state index contributed by atoms with van der Waals surface area (Å²) in [5, 5.41) is 3.25. The minimum Gasteiger partial charge on any atom is -0.351 e. The predicted octanol–water partition coefficient (Wildman–Crippen LogP) is 5.66. The molecule has 1 aromatic carbocycles. The summed E-state index contributed by atoms with van der Waals surface area (Å²) in [6.07, 6.45) is 7.44. The zero-order valence-electron chi connectivity index (χ0n) is 19.2. The fourth-order valence-electron chi connectivity index (χ4n) is 5.29. The molecule has 1 atom stereocenters. The number of benzene rings is 1. The molecule has 1 aliphatic heterocycles. The Morgan fingerprint density at radius 1 is 1.18 bits per heavy atom. The molecule has 174 valence electrons. The number of aromatic nitrogens is 1. The fourth-order valence-corrected chi connectivity index (χ4v) is 6.33. The van der Waals surface area contributed by atoms with Crippen molar-refractivity contribution in [3.63, 3.8) is 0 Å². The quantitative estimate of drug-likeness (QED) is 0.503. The average Bonchev–Trinajstić information content (AvgIpc) is 3.23. The number of carbonyl (C=O) groups is 2. The van der Waals surface area contributed by atoms with Crippen molar-refractivity contribution in [3.05, 3.63) is 52.8 Å². The van der Waals surface area contributed by atoms with Crippen molar-refractivity contribution in [3.8, 4) is 0 Å². The first kappa shape index (κ1) is 22.1. The van der Waals surface area contributed by atoms with Gasteiger partial charge >= 0.3 is 0 Å². The highest BCUT2D eigenvalue weighted by molar-refractivity contribution is 7.19. The Morgan fingerprint density at radius 2 is 1.94 bits per heavy atom. The van der Waals surface area contributed by atoms with Gasteiger partial charge in [0.15, 0.2) is 0 Å². The number of nitrogens with zero attached hydrogens (tertiary/aromatic N) is 2. The summed E-state index contributed by atoms with van der Waals surface area (Å²) < 4.78 is 17.2. The maximum Gasteiger partial charge on any atom is 0.275 e. The van der Waals surface area contributed by atoms with E-state index in [4.69, 9.17) is 0 Å². The van der Waals surface area contributed by atoms with Gasteiger partial charge in [-0.05, 0) is 56.5 Å². The second kappa shape index (κ2) is 8.60. The number of nitrogens with one attached hydrogen (secondary N) is 1. The lowest BCUT2D eigenvalue weighted by Crippen LogP contribution is -2.65. The Morgan fingerprint density at radius 3 is 2.64 bits per heavy atom. The maximum atomic E-state index is 14.2. The van der Waals surface area contributed by atoms with Crippen LogP contribution in [0.15, 0.2) is 36.4 Å². The van der Waals surface area contributed by atoms with E-state index in [-0.39, 0.29) is 17.9 Å². The number of halogens is 1. The van der Waals surface area contributed by atoms with E-state index in [0.717, 1.165) is 42.3 Å². The molecule has 5 nitrogen and oxygen atoms in total. The van der Waals surface area contributed by atoms with Gasteiger partial charge in [-0.1, -0.05) is 38.7 Å². The molecule has 1 fully saturated rings. The highest BCUT2D eigenvalue weighted by Gasteiger charge is 2.49. The molecule has 1 aliphatic carbocycles. The van der Waals surface area contributed by atoms with E-state index in [1.807, 2.05) is 17.6 Å². The molecule has 2 amide bonds. The molecule has 3 heterocycles. The van der Waals surface area contributed by atoms with Crippen LogP contribution in [0.2, 0.25) is 0 Å². The minimum absolute atomic E-state index is 0.111. The first-order valence-electron chi connectivity index (χ1n) is 11.9. The van der Waals surface area contributed by atoms with E-state index in [1.54, 1.807) is 23.5 Å². The normalized spacial score (nSPS) is 21.8. The van der Waals surface area contributed by atoms with Gasteiger partial charge in [0.05, 0.1) is 16.8 Å². The predicted molar refractivity (Wildman–Crippen MR) is 130 cm³/mol. The molecule has 2 aromatic heterocycles. The molecule has 0 radical (unpaired) electrons. The molecule has 0 saturated heterocycles. The molecule has 0 spiro atoms. The van der Waals surface area contributed by atoms with Crippen LogP contribution >= 0.6 is 11.3 Å². The van der Waals surface area contributed by atoms with Gasteiger partial charge in [-0.15, -0.1) is 11.3 Å². The fraction of sp³-hybridized carbons (Fsp3) is 0.462. The summed E-state index contributed by atoms with van der Waals surface area (Å²) in [5.74, 6) is -0.876. The first-order chi connectivity index (χ1) is 15.9. The second-order valence-corrected chi connectivity index (χ2v) is 10.7. The van der Waals surface area contributed by atoms with Gasteiger partial charge < -0.3 is 9.88 Å². The number of hydrogen-bond donors (Lipinski definition) is 1. The van der Waals surface area contributed by atoms with Crippen molar-refractivity contribution in [2.75, 3.05) is 4.90 Å². The van der Waals surface area contributed by atoms with Gasteiger partial charge in [0.1, 0.15) is 17.1 Å². The molecule has 0 bridgehead atoms. The maximum absolute atomic E-state index is 14.2. The molecular formula is C26H30FN3O2S. The zero-order valence-corrected chi connectivity index (χ0v) is 20.0. The molecule has 7 heteroatoms. The van der Waals surface area contributed by atoms with Gasteiger partial charge in [-0.2, -0.15) is 0 Å². The Labute approximate surface area is 197 Å². The van der Waals surface area contributed by atoms with E-state index in [0.29, 0.717) is 17.9 Å². The standard InChI is InChI=1S/C26H30FN3O2S/c1-3-20-14-21-23(33-20)15-22-24(31)30(19-12-8-9-17(27)13-19)26(2,16-29(21)22)25(32)28-18-10-6-4-5-7-11-18/h8-9,12-15,18H,3-7,10-11,16H2,1-2H3,(H,28,32)/t26-/m1/s1. The number of hydrogen-bond acceptors (Lipinski definition) is 3. The van der Waals surface area contributed by atoms with Crippen LogP contribution in [0.1, 0.15) is 67.7 Å². The van der Waals surface area contributed by atoms with Gasteiger partial charge in [0.25, 0.3) is 5.91 Å². The van der Waals surface area contributed by atoms with E-state index in [1.165, 1.54) is 34.8 Å². The lowest BCUT2D eigenvalue weighted by molar-refractivity contribution is -0.127. The Bertz CT molecular complexity index is 1210. The zero-order chi connectivity index (χ0) is 23.2. The van der Waals surface area contributed by atoms with Crippen LogP contribution in [0.4, 0.5) is 10.1 Å². The van der Waals surface area contributed by atoms with Crippen molar-refractivity contribution in [2.24, 2.45) is 0 Å². The van der Waals surface area contributed by atoms with E-state index >= 15 is 0 Å². The van der Waals surface area contributed by atoms with Crippen molar-refractivity contribution in [2.45, 2.75) is 76.9 Å². The van der Waals surface area contributed by atoms with Gasteiger partial charge in [0.2, 0.25) is 5.91 Å². The molecule has 1 saturated carbocycles. The number of anilines is 1. The van der Waals surface area contributed by atoms with E-state index < -0.39 is 11.4 Å². The number of rotatable bonds is 4. The Kier molecular flexibility index (Phi) is 5.77. The van der Waals surface area contributed by atoms with Crippen molar-refractivity contribution >= 4 is 39.1 Å². The van der Waals surface area contributed by atoms with Crippen LogP contribution in [-0.2, 0) is 17.8 Å². The van der Waals surface area contributed by atoms with E-state index in [9.17, 15) is 14.0 Å². The molecule has 5 rings (SSSR count). The highest BCUT2D eigenvalue weighted by Crippen LogP contribution is 2.38. The molecule has 33 heavy (non-hydrogen) atoms. The number of carbonyl (C=O) groups excluding carboxylic acids is 2. The Hall–Kier alpha value is -2.67. The summed E-state index contributed by atoms with van der Waals surface area (Å²) in [7, 11) is 0. The van der Waals surface area contributed by atoms with Gasteiger partial charge in [-0.3, -0.25) is 14.5 Å². The first-order valence-corrected chi connectivity index (χ1v) is 12.8. The second-order valence-electron chi connectivity index (χ2n) is 9.49. The minimum atomic E-state index is -1.18. The third-order valence-corrected chi connectivity index (χ3v) is 8.33. The molecule has 3 aromatic rings. The monoisotopic (exact) mass is 467 g/mol. The van der Waals surface area contributed by atoms with Gasteiger partial charge in [0, 0.05) is 16.6 Å². The molecule has 0 unspecified atom stereocenters. The highest BCUT2D eigenvalue weighted by atomic mass is 32.1. The lowest BCUT2D eigenvalue weighted by atomic mass is 9.92. The van der Waals surface area contributed by atoms with Crippen LogP contribution < -0.4 is 10.2 Å². The third kappa shape index (κ3) is 3.86. The number of fused-ring (bicyclic) bond motifs is 3.